The second-order valence-electron chi connectivity index (χ2n) is 5.07. The first-order valence-electron chi connectivity index (χ1n) is 6.00. The van der Waals surface area contributed by atoms with Crippen molar-refractivity contribution in [3.63, 3.8) is 0 Å². The zero-order chi connectivity index (χ0) is 12.7. The van der Waals surface area contributed by atoms with Crippen LogP contribution in [0.15, 0.2) is 30.3 Å². The number of rotatable bonds is 5. The molecule has 0 saturated heterocycles. The van der Waals surface area contributed by atoms with Gasteiger partial charge in [-0.3, -0.25) is 0 Å². The van der Waals surface area contributed by atoms with E-state index >= 15 is 0 Å². The normalized spacial score (nSPS) is 12.2. The molecule has 0 radical (unpaired) electrons. The third-order valence-electron chi connectivity index (χ3n) is 2.54. The van der Waals surface area contributed by atoms with Crippen LogP contribution in [0.4, 0.5) is 0 Å². The van der Waals surface area contributed by atoms with Crippen LogP contribution in [0.25, 0.3) is 6.08 Å². The van der Waals surface area contributed by atoms with Crippen molar-refractivity contribution in [2.75, 3.05) is 19.8 Å². The first-order chi connectivity index (χ1) is 8.04. The van der Waals surface area contributed by atoms with Crippen LogP contribution >= 0.6 is 0 Å². The molecular formula is C15H22O2. The second-order valence-corrected chi connectivity index (χ2v) is 5.07. The minimum absolute atomic E-state index is 0.0775. The molecule has 2 heteroatoms. The molecule has 0 aliphatic carbocycles. The molecular weight excluding hydrogens is 212 g/mol. The molecule has 0 aliphatic heterocycles. The Hall–Kier alpha value is -1.12. The quantitative estimate of drug-likeness (QED) is 0.794. The topological polar surface area (TPSA) is 29.5 Å². The van der Waals surface area contributed by atoms with E-state index in [0.717, 1.165) is 0 Å². The van der Waals surface area contributed by atoms with Crippen LogP contribution in [0.3, 0.4) is 0 Å². The van der Waals surface area contributed by atoms with E-state index < -0.39 is 0 Å². The Morgan fingerprint density at radius 3 is 2.35 bits per heavy atom. The molecule has 0 atom stereocenters. The maximum Gasteiger partial charge on any atom is 0.0701 e. The number of hydrogen-bond donors (Lipinski definition) is 1. The molecule has 2 nitrogen and oxygen atoms in total. The summed E-state index contributed by atoms with van der Waals surface area (Å²) in [5.74, 6) is 0. The molecule has 0 bridgehead atoms. The summed E-state index contributed by atoms with van der Waals surface area (Å²) in [6.07, 6.45) is 3.99. The average Bonchev–Trinajstić information content (AvgIpc) is 2.28. The Balaban J connectivity index is 2.51. The molecule has 0 spiro atoms. The lowest BCUT2D eigenvalue weighted by molar-refractivity contribution is 0.112. The van der Waals surface area contributed by atoms with E-state index in [-0.39, 0.29) is 12.0 Å². The summed E-state index contributed by atoms with van der Waals surface area (Å²) < 4.78 is 5.15. The van der Waals surface area contributed by atoms with Crippen LogP contribution in [-0.2, 0) is 10.2 Å². The van der Waals surface area contributed by atoms with Gasteiger partial charge in [0.25, 0.3) is 0 Å². The number of hydrogen-bond acceptors (Lipinski definition) is 2. The Morgan fingerprint density at radius 2 is 1.82 bits per heavy atom. The minimum atomic E-state index is 0.0775. The van der Waals surface area contributed by atoms with Gasteiger partial charge in [-0.2, -0.15) is 0 Å². The van der Waals surface area contributed by atoms with E-state index in [2.05, 4.69) is 45.0 Å². The van der Waals surface area contributed by atoms with Gasteiger partial charge in [-0.25, -0.2) is 0 Å². The number of benzene rings is 1. The maximum atomic E-state index is 8.54. The largest absolute Gasteiger partial charge is 0.394 e. The lowest BCUT2D eigenvalue weighted by atomic mass is 9.87. The van der Waals surface area contributed by atoms with Gasteiger partial charge in [0, 0.05) is 0 Å². The van der Waals surface area contributed by atoms with Crippen molar-refractivity contribution in [3.8, 4) is 0 Å². The highest BCUT2D eigenvalue weighted by Gasteiger charge is 2.12. The van der Waals surface area contributed by atoms with Crippen molar-refractivity contribution in [1.29, 1.82) is 0 Å². The van der Waals surface area contributed by atoms with Crippen molar-refractivity contribution in [3.05, 3.63) is 41.5 Å². The monoisotopic (exact) mass is 234 g/mol. The van der Waals surface area contributed by atoms with Gasteiger partial charge in [0.05, 0.1) is 19.8 Å². The molecule has 0 saturated carbocycles. The Kier molecular flexibility index (Phi) is 5.39. The molecule has 0 aromatic heterocycles. The van der Waals surface area contributed by atoms with Crippen LogP contribution in [0.2, 0.25) is 0 Å². The van der Waals surface area contributed by atoms with Gasteiger partial charge in [-0.05, 0) is 16.5 Å². The molecule has 1 rings (SSSR count). The molecule has 0 unspecified atom stereocenters. The number of aliphatic hydroxyl groups excluding tert-OH is 1. The van der Waals surface area contributed by atoms with Crippen molar-refractivity contribution in [2.45, 2.75) is 26.2 Å². The van der Waals surface area contributed by atoms with E-state index in [4.69, 9.17) is 9.84 Å². The second kappa shape index (κ2) is 6.58. The molecule has 1 aromatic rings. The third-order valence-corrected chi connectivity index (χ3v) is 2.54. The van der Waals surface area contributed by atoms with Crippen molar-refractivity contribution < 1.29 is 9.84 Å². The van der Waals surface area contributed by atoms with Crippen LogP contribution in [0.1, 0.15) is 31.9 Å². The number of aliphatic hydroxyl groups is 1. The molecule has 94 valence electrons. The predicted octanol–water partition coefficient (Wildman–Crippen LogP) is 3.01. The molecule has 17 heavy (non-hydrogen) atoms. The number of ether oxygens (including phenoxy) is 1. The Labute approximate surface area is 104 Å². The molecule has 1 N–H and O–H groups in total. The van der Waals surface area contributed by atoms with Gasteiger partial charge >= 0.3 is 0 Å². The highest BCUT2D eigenvalue weighted by molar-refractivity contribution is 5.50. The summed E-state index contributed by atoms with van der Waals surface area (Å²) in [6.45, 7) is 7.64. The minimum Gasteiger partial charge on any atom is -0.394 e. The Bertz CT molecular complexity index is 344. The highest BCUT2D eigenvalue weighted by atomic mass is 16.5. The van der Waals surface area contributed by atoms with Gasteiger partial charge < -0.3 is 9.84 Å². The fraction of sp³-hybridized carbons (Fsp3) is 0.467. The van der Waals surface area contributed by atoms with E-state index in [1.807, 2.05) is 12.2 Å². The molecule has 1 aromatic carbocycles. The van der Waals surface area contributed by atoms with Crippen LogP contribution in [0.5, 0.6) is 0 Å². The van der Waals surface area contributed by atoms with Crippen LogP contribution in [0, 0.1) is 0 Å². The van der Waals surface area contributed by atoms with E-state index in [0.29, 0.717) is 13.2 Å². The van der Waals surface area contributed by atoms with Gasteiger partial charge in [0.1, 0.15) is 0 Å². The molecule has 0 amide bonds. The standard InChI is InChI=1S/C15H22O2/c1-15(2,3)14-8-6-13(7-9-14)5-4-11-17-12-10-16/h4-9,16H,10-12H2,1-3H3/b5-4+. The van der Waals surface area contributed by atoms with E-state index in [1.54, 1.807) is 0 Å². The van der Waals surface area contributed by atoms with Gasteiger partial charge in [0.2, 0.25) is 0 Å². The maximum absolute atomic E-state index is 8.54. The SMILES string of the molecule is CC(C)(C)c1ccc(/C=C/COCCO)cc1. The summed E-state index contributed by atoms with van der Waals surface area (Å²) in [5, 5.41) is 8.54. The Morgan fingerprint density at radius 1 is 1.18 bits per heavy atom. The van der Waals surface area contributed by atoms with Gasteiger partial charge in [-0.15, -0.1) is 0 Å². The summed E-state index contributed by atoms with van der Waals surface area (Å²) in [4.78, 5) is 0. The average molecular weight is 234 g/mol. The van der Waals surface area contributed by atoms with Crippen molar-refractivity contribution >= 4 is 6.08 Å². The fourth-order valence-corrected chi connectivity index (χ4v) is 1.49. The smallest absolute Gasteiger partial charge is 0.0701 e. The zero-order valence-corrected chi connectivity index (χ0v) is 10.9. The third kappa shape index (κ3) is 5.16. The van der Waals surface area contributed by atoms with E-state index in [9.17, 15) is 0 Å². The summed E-state index contributed by atoms with van der Waals surface area (Å²) in [6, 6.07) is 8.55. The predicted molar refractivity (Wildman–Crippen MR) is 72.1 cm³/mol. The molecule has 0 aliphatic rings. The van der Waals surface area contributed by atoms with Crippen LogP contribution in [-0.4, -0.2) is 24.9 Å². The highest BCUT2D eigenvalue weighted by Crippen LogP contribution is 2.22. The first kappa shape index (κ1) is 13.9. The van der Waals surface area contributed by atoms with Gasteiger partial charge in [0.15, 0.2) is 0 Å². The first-order valence-corrected chi connectivity index (χ1v) is 6.00. The summed E-state index contributed by atoms with van der Waals surface area (Å²) in [5.41, 5.74) is 2.71. The van der Waals surface area contributed by atoms with E-state index in [1.165, 1.54) is 11.1 Å². The summed E-state index contributed by atoms with van der Waals surface area (Å²) in [7, 11) is 0. The van der Waals surface area contributed by atoms with Crippen molar-refractivity contribution in [1.82, 2.24) is 0 Å². The summed E-state index contributed by atoms with van der Waals surface area (Å²) >= 11 is 0. The molecule has 0 fully saturated rings. The zero-order valence-electron chi connectivity index (χ0n) is 10.9. The molecule has 0 heterocycles. The van der Waals surface area contributed by atoms with Crippen LogP contribution < -0.4 is 0 Å². The fourth-order valence-electron chi connectivity index (χ4n) is 1.49. The lowest BCUT2D eigenvalue weighted by Crippen LogP contribution is -2.10. The van der Waals surface area contributed by atoms with Gasteiger partial charge in [-0.1, -0.05) is 57.2 Å². The lowest BCUT2D eigenvalue weighted by Gasteiger charge is -2.18. The van der Waals surface area contributed by atoms with Crippen molar-refractivity contribution in [2.24, 2.45) is 0 Å².